The maximum absolute atomic E-state index is 13.7. The van der Waals surface area contributed by atoms with Crippen molar-refractivity contribution < 1.29 is 14.2 Å². The van der Waals surface area contributed by atoms with Crippen molar-refractivity contribution in [3.05, 3.63) is 34.6 Å². The highest BCUT2D eigenvalue weighted by molar-refractivity contribution is 6.30. The fourth-order valence-electron chi connectivity index (χ4n) is 2.26. The van der Waals surface area contributed by atoms with Crippen LogP contribution < -0.4 is 0 Å². The number of halogens is 2. The van der Waals surface area contributed by atoms with Crippen molar-refractivity contribution in [3.8, 4) is 0 Å². The van der Waals surface area contributed by atoms with Gasteiger partial charge in [-0.15, -0.1) is 0 Å². The summed E-state index contributed by atoms with van der Waals surface area (Å²) in [5.41, 5.74) is 0.373. The van der Waals surface area contributed by atoms with Crippen LogP contribution in [0.4, 0.5) is 4.39 Å². The van der Waals surface area contributed by atoms with Gasteiger partial charge in [0.05, 0.1) is 0 Å². The lowest BCUT2D eigenvalue weighted by molar-refractivity contribution is -0.0161. The van der Waals surface area contributed by atoms with Gasteiger partial charge in [-0.3, -0.25) is 0 Å². The minimum Gasteiger partial charge on any atom is -0.396 e. The number of benzene rings is 1. The smallest absolute Gasteiger partial charge is 0.127 e. The zero-order valence-corrected chi connectivity index (χ0v) is 10.3. The first kappa shape index (κ1) is 12.8. The topological polar surface area (TPSA) is 29.5 Å². The second-order valence-electron chi connectivity index (χ2n) is 4.68. The van der Waals surface area contributed by atoms with E-state index in [1.165, 1.54) is 6.07 Å². The van der Waals surface area contributed by atoms with Crippen molar-refractivity contribution in [2.75, 3.05) is 19.8 Å². The lowest BCUT2D eigenvalue weighted by Gasteiger charge is -2.35. The second-order valence-corrected chi connectivity index (χ2v) is 5.12. The molecule has 0 amide bonds. The summed E-state index contributed by atoms with van der Waals surface area (Å²) in [7, 11) is 0. The van der Waals surface area contributed by atoms with Crippen LogP contribution in [0.15, 0.2) is 18.2 Å². The fourth-order valence-corrected chi connectivity index (χ4v) is 2.42. The quantitative estimate of drug-likeness (QED) is 0.903. The zero-order chi connectivity index (χ0) is 12.3. The van der Waals surface area contributed by atoms with E-state index < -0.39 is 0 Å². The van der Waals surface area contributed by atoms with Crippen molar-refractivity contribution in [2.45, 2.75) is 19.3 Å². The SMILES string of the molecule is OCC1(Cc2ccc(Cl)cc2F)CCOCC1. The largest absolute Gasteiger partial charge is 0.396 e. The Morgan fingerprint density at radius 3 is 2.65 bits per heavy atom. The molecule has 4 heteroatoms. The fraction of sp³-hybridized carbons (Fsp3) is 0.538. The maximum atomic E-state index is 13.7. The van der Waals surface area contributed by atoms with Crippen LogP contribution >= 0.6 is 11.6 Å². The van der Waals surface area contributed by atoms with Crippen molar-refractivity contribution in [3.63, 3.8) is 0 Å². The Morgan fingerprint density at radius 1 is 1.35 bits per heavy atom. The molecule has 2 nitrogen and oxygen atoms in total. The summed E-state index contributed by atoms with van der Waals surface area (Å²) < 4.78 is 19.0. The lowest BCUT2D eigenvalue weighted by Crippen LogP contribution is -2.35. The van der Waals surface area contributed by atoms with E-state index in [2.05, 4.69) is 0 Å². The molecule has 1 fully saturated rings. The van der Waals surface area contributed by atoms with Gasteiger partial charge in [0.1, 0.15) is 5.82 Å². The number of aliphatic hydroxyl groups excluding tert-OH is 1. The first-order valence-corrected chi connectivity index (χ1v) is 6.16. The van der Waals surface area contributed by atoms with Crippen LogP contribution in [0.5, 0.6) is 0 Å². The van der Waals surface area contributed by atoms with Crippen LogP contribution in [0.1, 0.15) is 18.4 Å². The average Bonchev–Trinajstić information content (AvgIpc) is 2.34. The van der Waals surface area contributed by atoms with Crippen molar-refractivity contribution in [1.29, 1.82) is 0 Å². The summed E-state index contributed by atoms with van der Waals surface area (Å²) in [5.74, 6) is -0.295. The van der Waals surface area contributed by atoms with E-state index in [1.54, 1.807) is 12.1 Å². The molecule has 1 saturated heterocycles. The first-order valence-electron chi connectivity index (χ1n) is 5.78. The number of ether oxygens (including phenoxy) is 1. The molecular formula is C13H16ClFO2. The van der Waals surface area contributed by atoms with Gasteiger partial charge in [0.15, 0.2) is 0 Å². The highest BCUT2D eigenvalue weighted by Crippen LogP contribution is 2.34. The molecule has 17 heavy (non-hydrogen) atoms. The van der Waals surface area contributed by atoms with Gasteiger partial charge in [-0.05, 0) is 37.0 Å². The predicted octanol–water partition coefficient (Wildman–Crippen LogP) is 2.81. The van der Waals surface area contributed by atoms with Gasteiger partial charge in [0.25, 0.3) is 0 Å². The molecular weight excluding hydrogens is 243 g/mol. The van der Waals surface area contributed by atoms with Gasteiger partial charge >= 0.3 is 0 Å². The van der Waals surface area contributed by atoms with E-state index in [0.717, 1.165) is 12.8 Å². The summed E-state index contributed by atoms with van der Waals surface area (Å²) in [6, 6.07) is 4.70. The molecule has 1 heterocycles. The molecule has 1 aromatic carbocycles. The Hall–Kier alpha value is -0.640. The van der Waals surface area contributed by atoms with E-state index in [4.69, 9.17) is 16.3 Å². The van der Waals surface area contributed by atoms with E-state index in [1.807, 2.05) is 0 Å². The molecule has 1 N–H and O–H groups in total. The number of aliphatic hydroxyl groups is 1. The van der Waals surface area contributed by atoms with Gasteiger partial charge < -0.3 is 9.84 Å². The van der Waals surface area contributed by atoms with Crippen LogP contribution in [-0.4, -0.2) is 24.9 Å². The van der Waals surface area contributed by atoms with Crippen LogP contribution in [0.2, 0.25) is 5.02 Å². The van der Waals surface area contributed by atoms with Gasteiger partial charge in [0.2, 0.25) is 0 Å². The molecule has 0 atom stereocenters. The van der Waals surface area contributed by atoms with Crippen LogP contribution in [0.3, 0.4) is 0 Å². The van der Waals surface area contributed by atoms with Crippen molar-refractivity contribution >= 4 is 11.6 Å². The summed E-state index contributed by atoms with van der Waals surface area (Å²) in [5, 5.41) is 9.94. The third-order valence-corrected chi connectivity index (χ3v) is 3.70. The predicted molar refractivity (Wildman–Crippen MR) is 64.7 cm³/mol. The number of hydrogen-bond acceptors (Lipinski definition) is 2. The Morgan fingerprint density at radius 2 is 2.06 bits per heavy atom. The first-order chi connectivity index (χ1) is 8.15. The Labute approximate surface area is 105 Å². The van der Waals surface area contributed by atoms with Gasteiger partial charge in [-0.2, -0.15) is 0 Å². The summed E-state index contributed by atoms with van der Waals surface area (Å²) in [4.78, 5) is 0. The maximum Gasteiger partial charge on any atom is 0.127 e. The van der Waals surface area contributed by atoms with Crippen molar-refractivity contribution in [1.82, 2.24) is 0 Å². The molecule has 1 aromatic rings. The number of hydrogen-bond donors (Lipinski definition) is 1. The average molecular weight is 259 g/mol. The Kier molecular flexibility index (Phi) is 4.02. The van der Waals surface area contributed by atoms with Crippen molar-refractivity contribution in [2.24, 2.45) is 5.41 Å². The Bertz CT molecular complexity index is 389. The third kappa shape index (κ3) is 2.97. The summed E-state index contributed by atoms with van der Waals surface area (Å²) in [6.45, 7) is 1.34. The highest BCUT2D eigenvalue weighted by Gasteiger charge is 2.32. The Balaban J connectivity index is 2.17. The molecule has 0 unspecified atom stereocenters. The minimum atomic E-state index is -0.295. The van der Waals surface area contributed by atoms with Gasteiger partial charge in [-0.25, -0.2) is 4.39 Å². The normalized spacial score (nSPS) is 19.2. The molecule has 0 saturated carbocycles. The molecule has 94 valence electrons. The highest BCUT2D eigenvalue weighted by atomic mass is 35.5. The van der Waals surface area contributed by atoms with E-state index in [-0.39, 0.29) is 17.8 Å². The third-order valence-electron chi connectivity index (χ3n) is 3.47. The minimum absolute atomic E-state index is 0.0679. The monoisotopic (exact) mass is 258 g/mol. The van der Waals surface area contributed by atoms with Crippen LogP contribution in [-0.2, 0) is 11.2 Å². The lowest BCUT2D eigenvalue weighted by atomic mass is 9.76. The molecule has 0 spiro atoms. The second kappa shape index (κ2) is 5.34. The van der Waals surface area contributed by atoms with E-state index in [0.29, 0.717) is 30.2 Å². The zero-order valence-electron chi connectivity index (χ0n) is 9.59. The summed E-state index contributed by atoms with van der Waals surface area (Å²) in [6.07, 6.45) is 2.08. The molecule has 0 radical (unpaired) electrons. The summed E-state index contributed by atoms with van der Waals surface area (Å²) >= 11 is 5.72. The van der Waals surface area contributed by atoms with Gasteiger partial charge in [0, 0.05) is 30.3 Å². The molecule has 1 aliphatic heterocycles. The standard InChI is InChI=1S/C13H16ClFO2/c14-11-2-1-10(12(15)7-11)8-13(9-16)3-5-17-6-4-13/h1-2,7,16H,3-6,8-9H2. The molecule has 2 rings (SSSR count). The number of rotatable bonds is 3. The molecule has 1 aliphatic rings. The van der Waals surface area contributed by atoms with Crippen LogP contribution in [0.25, 0.3) is 0 Å². The van der Waals surface area contributed by atoms with Gasteiger partial charge in [-0.1, -0.05) is 17.7 Å². The molecule has 0 bridgehead atoms. The molecule has 0 aliphatic carbocycles. The van der Waals surface area contributed by atoms with E-state index >= 15 is 0 Å². The van der Waals surface area contributed by atoms with Crippen LogP contribution in [0, 0.1) is 11.2 Å². The van der Waals surface area contributed by atoms with E-state index in [9.17, 15) is 9.50 Å². The molecule has 0 aromatic heterocycles.